The summed E-state index contributed by atoms with van der Waals surface area (Å²) in [5.41, 5.74) is 2.97. The third-order valence-corrected chi connectivity index (χ3v) is 4.39. The van der Waals surface area contributed by atoms with Gasteiger partial charge in [-0.25, -0.2) is 4.79 Å². The predicted octanol–water partition coefficient (Wildman–Crippen LogP) is 3.74. The van der Waals surface area contributed by atoms with Crippen LogP contribution in [0.15, 0.2) is 47.5 Å². The molecule has 0 radical (unpaired) electrons. The Morgan fingerprint density at radius 1 is 0.750 bits per heavy atom. The number of ether oxygens (including phenoxy) is 5. The van der Waals surface area contributed by atoms with E-state index in [9.17, 15) is 4.79 Å². The standard InChI is InChI=1S/C22H22O6/c1-24-18-7-5-14(11-20(18)26-3)9-16-13-28-22(23)17(16)10-15-6-8-19(25-2)21(12-15)27-4/h5-12H,13H2,1-4H3. The summed E-state index contributed by atoms with van der Waals surface area (Å²) >= 11 is 0. The molecule has 1 aliphatic rings. The molecule has 6 heteroatoms. The lowest BCUT2D eigenvalue weighted by Crippen LogP contribution is -1.96. The lowest BCUT2D eigenvalue weighted by molar-refractivity contribution is -0.134. The van der Waals surface area contributed by atoms with Gasteiger partial charge in [0.15, 0.2) is 23.0 Å². The van der Waals surface area contributed by atoms with Gasteiger partial charge in [-0.05, 0) is 47.5 Å². The van der Waals surface area contributed by atoms with Crippen LogP contribution < -0.4 is 18.9 Å². The molecular formula is C22H22O6. The monoisotopic (exact) mass is 382 g/mol. The van der Waals surface area contributed by atoms with Crippen LogP contribution in [-0.4, -0.2) is 41.0 Å². The third-order valence-electron chi connectivity index (χ3n) is 4.39. The second kappa shape index (κ2) is 8.52. The minimum Gasteiger partial charge on any atom is -0.493 e. The summed E-state index contributed by atoms with van der Waals surface area (Å²) in [7, 11) is 6.32. The van der Waals surface area contributed by atoms with Crippen molar-refractivity contribution in [1.82, 2.24) is 0 Å². The SMILES string of the molecule is COc1ccc(C=C2COC(=O)C2=Cc2ccc(OC)c(OC)c2)cc1OC. The molecule has 0 N–H and O–H groups in total. The first-order valence-corrected chi connectivity index (χ1v) is 8.63. The van der Waals surface area contributed by atoms with Crippen molar-refractivity contribution in [1.29, 1.82) is 0 Å². The molecule has 0 atom stereocenters. The fourth-order valence-corrected chi connectivity index (χ4v) is 2.95. The predicted molar refractivity (Wildman–Crippen MR) is 106 cm³/mol. The van der Waals surface area contributed by atoms with Crippen molar-refractivity contribution in [2.24, 2.45) is 0 Å². The van der Waals surface area contributed by atoms with Crippen LogP contribution in [0.25, 0.3) is 12.2 Å². The van der Waals surface area contributed by atoms with E-state index < -0.39 is 0 Å². The van der Waals surface area contributed by atoms with Crippen molar-refractivity contribution in [2.75, 3.05) is 35.0 Å². The Labute approximate surface area is 163 Å². The number of methoxy groups -OCH3 is 4. The second-order valence-corrected chi connectivity index (χ2v) is 6.03. The maximum Gasteiger partial charge on any atom is 0.338 e. The van der Waals surface area contributed by atoms with Gasteiger partial charge < -0.3 is 23.7 Å². The molecule has 1 fully saturated rings. The Balaban J connectivity index is 1.97. The van der Waals surface area contributed by atoms with E-state index >= 15 is 0 Å². The van der Waals surface area contributed by atoms with Gasteiger partial charge in [0, 0.05) is 5.57 Å². The van der Waals surface area contributed by atoms with Crippen LogP contribution in [0, 0.1) is 0 Å². The number of hydrogen-bond acceptors (Lipinski definition) is 6. The highest BCUT2D eigenvalue weighted by molar-refractivity contribution is 6.02. The van der Waals surface area contributed by atoms with Gasteiger partial charge in [-0.2, -0.15) is 0 Å². The summed E-state index contributed by atoms with van der Waals surface area (Å²) in [6.45, 7) is 0.215. The fourth-order valence-electron chi connectivity index (χ4n) is 2.95. The number of esters is 1. The molecule has 1 aliphatic heterocycles. The first kappa shape index (κ1) is 19.4. The van der Waals surface area contributed by atoms with E-state index in [4.69, 9.17) is 23.7 Å². The van der Waals surface area contributed by atoms with E-state index in [1.807, 2.05) is 36.4 Å². The van der Waals surface area contributed by atoms with Crippen LogP contribution in [0.1, 0.15) is 11.1 Å². The van der Waals surface area contributed by atoms with Crippen LogP contribution in [0.3, 0.4) is 0 Å². The van der Waals surface area contributed by atoms with Crippen molar-refractivity contribution in [3.8, 4) is 23.0 Å². The maximum absolute atomic E-state index is 12.2. The molecule has 6 nitrogen and oxygen atoms in total. The molecule has 3 rings (SSSR count). The van der Waals surface area contributed by atoms with E-state index in [-0.39, 0.29) is 12.6 Å². The molecule has 0 aliphatic carbocycles. The van der Waals surface area contributed by atoms with Crippen LogP contribution in [0.4, 0.5) is 0 Å². The van der Waals surface area contributed by atoms with E-state index in [0.717, 1.165) is 16.7 Å². The van der Waals surface area contributed by atoms with Crippen molar-refractivity contribution >= 4 is 18.1 Å². The number of benzene rings is 2. The summed E-state index contributed by atoms with van der Waals surface area (Å²) in [6, 6.07) is 11.0. The van der Waals surface area contributed by atoms with Crippen LogP contribution in [0.2, 0.25) is 0 Å². The largest absolute Gasteiger partial charge is 0.493 e. The fraction of sp³-hybridized carbons (Fsp3) is 0.227. The molecule has 0 aromatic heterocycles. The van der Waals surface area contributed by atoms with Crippen LogP contribution in [0.5, 0.6) is 23.0 Å². The molecule has 2 aromatic carbocycles. The summed E-state index contributed by atoms with van der Waals surface area (Å²) in [5, 5.41) is 0. The first-order valence-electron chi connectivity index (χ1n) is 8.63. The number of carbonyl (C=O) groups excluding carboxylic acids is 1. The molecule has 0 spiro atoms. The minimum absolute atomic E-state index is 0.215. The summed E-state index contributed by atoms with van der Waals surface area (Å²) < 4.78 is 26.4. The molecule has 2 aromatic rings. The molecule has 146 valence electrons. The Hall–Kier alpha value is -3.41. The Kier molecular flexibility index (Phi) is 5.89. The lowest BCUT2D eigenvalue weighted by Gasteiger charge is -2.09. The van der Waals surface area contributed by atoms with Crippen molar-refractivity contribution < 1.29 is 28.5 Å². The van der Waals surface area contributed by atoms with Gasteiger partial charge in [0.2, 0.25) is 0 Å². The van der Waals surface area contributed by atoms with Crippen molar-refractivity contribution in [2.45, 2.75) is 0 Å². The summed E-state index contributed by atoms with van der Waals surface area (Å²) in [4.78, 5) is 12.2. The van der Waals surface area contributed by atoms with Gasteiger partial charge in [0.05, 0.1) is 34.0 Å². The normalized spacial score (nSPS) is 16.2. The van der Waals surface area contributed by atoms with Crippen molar-refractivity contribution in [3.05, 3.63) is 58.7 Å². The molecule has 0 bridgehead atoms. The Bertz CT molecular complexity index is 942. The number of rotatable bonds is 6. The van der Waals surface area contributed by atoms with Gasteiger partial charge in [-0.1, -0.05) is 12.1 Å². The average molecular weight is 382 g/mol. The van der Waals surface area contributed by atoms with Gasteiger partial charge in [0.25, 0.3) is 0 Å². The zero-order chi connectivity index (χ0) is 20.1. The summed E-state index contributed by atoms with van der Waals surface area (Å²) in [5.74, 6) is 2.12. The smallest absolute Gasteiger partial charge is 0.338 e. The molecule has 0 saturated carbocycles. The van der Waals surface area contributed by atoms with E-state index in [2.05, 4.69) is 0 Å². The zero-order valence-corrected chi connectivity index (χ0v) is 16.3. The number of carbonyl (C=O) groups is 1. The quantitative estimate of drug-likeness (QED) is 0.560. The molecule has 1 saturated heterocycles. The zero-order valence-electron chi connectivity index (χ0n) is 16.3. The maximum atomic E-state index is 12.2. The third kappa shape index (κ3) is 3.96. The molecule has 28 heavy (non-hydrogen) atoms. The minimum atomic E-state index is -0.360. The number of cyclic esters (lactones) is 1. The summed E-state index contributed by atoms with van der Waals surface area (Å²) in [6.07, 6.45) is 3.68. The lowest BCUT2D eigenvalue weighted by atomic mass is 10.0. The van der Waals surface area contributed by atoms with E-state index in [1.165, 1.54) is 0 Å². The van der Waals surface area contributed by atoms with Gasteiger partial charge in [0.1, 0.15) is 6.61 Å². The van der Waals surface area contributed by atoms with E-state index in [1.54, 1.807) is 40.6 Å². The van der Waals surface area contributed by atoms with E-state index in [0.29, 0.717) is 28.6 Å². The molecule has 0 amide bonds. The molecule has 0 unspecified atom stereocenters. The first-order chi connectivity index (χ1) is 13.6. The highest BCUT2D eigenvalue weighted by Gasteiger charge is 2.25. The van der Waals surface area contributed by atoms with Gasteiger partial charge in [-0.3, -0.25) is 0 Å². The highest BCUT2D eigenvalue weighted by atomic mass is 16.5. The van der Waals surface area contributed by atoms with Crippen LogP contribution >= 0.6 is 0 Å². The average Bonchev–Trinajstić information content (AvgIpc) is 3.06. The van der Waals surface area contributed by atoms with Crippen molar-refractivity contribution in [3.63, 3.8) is 0 Å². The Morgan fingerprint density at radius 2 is 1.25 bits per heavy atom. The Morgan fingerprint density at radius 3 is 1.75 bits per heavy atom. The number of hydrogen-bond donors (Lipinski definition) is 0. The van der Waals surface area contributed by atoms with Gasteiger partial charge >= 0.3 is 5.97 Å². The second-order valence-electron chi connectivity index (χ2n) is 6.03. The van der Waals surface area contributed by atoms with Gasteiger partial charge in [-0.15, -0.1) is 0 Å². The molecular weight excluding hydrogens is 360 g/mol. The molecule has 1 heterocycles. The van der Waals surface area contributed by atoms with Crippen LogP contribution in [-0.2, 0) is 9.53 Å². The highest BCUT2D eigenvalue weighted by Crippen LogP contribution is 2.32. The topological polar surface area (TPSA) is 63.2 Å².